The summed E-state index contributed by atoms with van der Waals surface area (Å²) in [5.74, 6) is 0.954. The molecule has 62 valence electrons. The lowest BCUT2D eigenvalue weighted by molar-refractivity contribution is -0.885. The van der Waals surface area contributed by atoms with Crippen molar-refractivity contribution in [2.75, 3.05) is 21.1 Å². The van der Waals surface area contributed by atoms with Crippen molar-refractivity contribution in [3.8, 4) is 0 Å². The number of hydrogen-bond donors (Lipinski definition) is 0. The molecule has 0 amide bonds. The fourth-order valence-corrected chi connectivity index (χ4v) is 0.958. The van der Waals surface area contributed by atoms with E-state index in [2.05, 4.69) is 26.3 Å². The Hall–Kier alpha value is -0.830. The van der Waals surface area contributed by atoms with E-state index in [0.29, 0.717) is 0 Å². The highest BCUT2D eigenvalue weighted by Crippen LogP contribution is 2.07. The van der Waals surface area contributed by atoms with Crippen LogP contribution in [0.4, 0.5) is 0 Å². The Balaban J connectivity index is 2.65. The van der Waals surface area contributed by atoms with Crippen molar-refractivity contribution in [1.29, 1.82) is 0 Å². The molecule has 0 aliphatic heterocycles. The molecule has 0 unspecified atom stereocenters. The van der Waals surface area contributed by atoms with Gasteiger partial charge in [0, 0.05) is 6.07 Å². The van der Waals surface area contributed by atoms with Crippen LogP contribution in [-0.4, -0.2) is 30.8 Å². The van der Waals surface area contributed by atoms with Gasteiger partial charge in [-0.05, 0) is 6.92 Å². The van der Waals surface area contributed by atoms with Crippen LogP contribution in [0, 0.1) is 6.92 Å². The van der Waals surface area contributed by atoms with Gasteiger partial charge in [-0.25, -0.2) is 0 Å². The van der Waals surface area contributed by atoms with Crippen LogP contribution in [0.15, 0.2) is 10.6 Å². The summed E-state index contributed by atoms with van der Waals surface area (Å²) >= 11 is 0. The van der Waals surface area contributed by atoms with E-state index in [0.717, 1.165) is 22.5 Å². The monoisotopic (exact) mass is 155 g/mol. The summed E-state index contributed by atoms with van der Waals surface area (Å²) in [4.78, 5) is 0. The van der Waals surface area contributed by atoms with Gasteiger partial charge in [0.2, 0.25) is 0 Å². The zero-order valence-electron chi connectivity index (χ0n) is 7.59. The summed E-state index contributed by atoms with van der Waals surface area (Å²) in [6.45, 7) is 2.82. The van der Waals surface area contributed by atoms with E-state index >= 15 is 0 Å². The van der Waals surface area contributed by atoms with Gasteiger partial charge in [-0.3, -0.25) is 0 Å². The van der Waals surface area contributed by atoms with Gasteiger partial charge in [0.25, 0.3) is 0 Å². The number of rotatable bonds is 2. The standard InChI is InChI=1S/C8H15N2O/c1-7-5-8(11-9-7)6-10(2,3)4/h5H,6H2,1-4H3/q+1. The van der Waals surface area contributed by atoms with Gasteiger partial charge in [-0.2, -0.15) is 0 Å². The Morgan fingerprint density at radius 2 is 2.09 bits per heavy atom. The van der Waals surface area contributed by atoms with Gasteiger partial charge in [0.1, 0.15) is 6.54 Å². The van der Waals surface area contributed by atoms with Crippen molar-refractivity contribution >= 4 is 0 Å². The second-order valence-electron chi connectivity index (χ2n) is 3.88. The van der Waals surface area contributed by atoms with Crippen LogP contribution in [0.2, 0.25) is 0 Å². The first-order valence-corrected chi connectivity index (χ1v) is 3.70. The predicted octanol–water partition coefficient (Wildman–Crippen LogP) is 1.19. The van der Waals surface area contributed by atoms with Crippen LogP contribution < -0.4 is 0 Å². The molecule has 1 aromatic rings. The topological polar surface area (TPSA) is 26.0 Å². The van der Waals surface area contributed by atoms with Gasteiger partial charge < -0.3 is 9.01 Å². The van der Waals surface area contributed by atoms with Crippen molar-refractivity contribution < 1.29 is 9.01 Å². The highest BCUT2D eigenvalue weighted by atomic mass is 16.5. The van der Waals surface area contributed by atoms with Gasteiger partial charge >= 0.3 is 0 Å². The molecule has 1 rings (SSSR count). The molecule has 0 atom stereocenters. The average molecular weight is 155 g/mol. The Bertz CT molecular complexity index is 234. The molecule has 0 aliphatic carbocycles. The van der Waals surface area contributed by atoms with Gasteiger partial charge in [0.15, 0.2) is 5.76 Å². The fraction of sp³-hybridized carbons (Fsp3) is 0.625. The van der Waals surface area contributed by atoms with Gasteiger partial charge in [0.05, 0.1) is 26.8 Å². The highest BCUT2D eigenvalue weighted by molar-refractivity contribution is 5.01. The average Bonchev–Trinajstić information content (AvgIpc) is 2.10. The summed E-state index contributed by atoms with van der Waals surface area (Å²) in [5, 5.41) is 3.82. The number of hydrogen-bond acceptors (Lipinski definition) is 2. The first kappa shape index (κ1) is 8.27. The van der Waals surface area contributed by atoms with Crippen LogP contribution in [0.3, 0.4) is 0 Å². The van der Waals surface area contributed by atoms with E-state index in [1.165, 1.54) is 0 Å². The van der Waals surface area contributed by atoms with Crippen LogP contribution >= 0.6 is 0 Å². The molecule has 3 heteroatoms. The summed E-state index contributed by atoms with van der Waals surface area (Å²) in [5.41, 5.74) is 0.952. The minimum atomic E-state index is 0.870. The lowest BCUT2D eigenvalue weighted by atomic mass is 10.3. The molecular weight excluding hydrogens is 140 g/mol. The molecule has 0 spiro atoms. The minimum absolute atomic E-state index is 0.870. The van der Waals surface area contributed by atoms with Crippen LogP contribution in [0.5, 0.6) is 0 Å². The van der Waals surface area contributed by atoms with E-state index in [1.54, 1.807) is 0 Å². The molecule has 11 heavy (non-hydrogen) atoms. The first-order valence-electron chi connectivity index (χ1n) is 3.70. The minimum Gasteiger partial charge on any atom is -0.355 e. The Morgan fingerprint density at radius 3 is 2.45 bits per heavy atom. The third-order valence-corrected chi connectivity index (χ3v) is 1.31. The molecule has 0 N–H and O–H groups in total. The molecule has 1 heterocycles. The van der Waals surface area contributed by atoms with E-state index in [1.807, 2.05) is 13.0 Å². The van der Waals surface area contributed by atoms with Gasteiger partial charge in [-0.1, -0.05) is 5.16 Å². The van der Waals surface area contributed by atoms with Crippen molar-refractivity contribution in [2.45, 2.75) is 13.5 Å². The number of aryl methyl sites for hydroxylation is 1. The molecule has 0 saturated heterocycles. The molecule has 3 nitrogen and oxygen atoms in total. The maximum absolute atomic E-state index is 5.07. The normalized spacial score (nSPS) is 12.0. The molecule has 0 radical (unpaired) electrons. The quantitative estimate of drug-likeness (QED) is 0.599. The fourth-order valence-electron chi connectivity index (χ4n) is 0.958. The van der Waals surface area contributed by atoms with Gasteiger partial charge in [-0.15, -0.1) is 0 Å². The number of aromatic nitrogens is 1. The lowest BCUT2D eigenvalue weighted by Gasteiger charge is -2.21. The van der Waals surface area contributed by atoms with Crippen LogP contribution in [-0.2, 0) is 6.54 Å². The third kappa shape index (κ3) is 2.72. The van der Waals surface area contributed by atoms with Crippen molar-refractivity contribution in [3.63, 3.8) is 0 Å². The maximum atomic E-state index is 5.07. The zero-order chi connectivity index (χ0) is 8.48. The second-order valence-corrected chi connectivity index (χ2v) is 3.88. The number of quaternary nitrogens is 1. The molecule has 1 aromatic heterocycles. The Morgan fingerprint density at radius 1 is 1.45 bits per heavy atom. The SMILES string of the molecule is Cc1cc(C[N+](C)(C)C)on1. The van der Waals surface area contributed by atoms with Crippen molar-refractivity contribution in [1.82, 2.24) is 5.16 Å². The van der Waals surface area contributed by atoms with E-state index in [9.17, 15) is 0 Å². The molecule has 0 saturated carbocycles. The third-order valence-electron chi connectivity index (χ3n) is 1.31. The summed E-state index contributed by atoms with van der Waals surface area (Å²) in [7, 11) is 6.37. The maximum Gasteiger partial charge on any atom is 0.191 e. The van der Waals surface area contributed by atoms with E-state index < -0.39 is 0 Å². The van der Waals surface area contributed by atoms with Crippen LogP contribution in [0.25, 0.3) is 0 Å². The molecule has 0 aliphatic rings. The Kier molecular flexibility index (Phi) is 2.00. The van der Waals surface area contributed by atoms with E-state index in [-0.39, 0.29) is 0 Å². The van der Waals surface area contributed by atoms with E-state index in [4.69, 9.17) is 4.52 Å². The van der Waals surface area contributed by atoms with Crippen molar-refractivity contribution in [2.24, 2.45) is 0 Å². The molecule has 0 fully saturated rings. The summed E-state index contributed by atoms with van der Waals surface area (Å²) < 4.78 is 5.94. The van der Waals surface area contributed by atoms with Crippen molar-refractivity contribution in [3.05, 3.63) is 17.5 Å². The second kappa shape index (κ2) is 2.66. The first-order chi connectivity index (χ1) is 4.97. The largest absolute Gasteiger partial charge is 0.355 e. The summed E-state index contributed by atoms with van der Waals surface area (Å²) in [6.07, 6.45) is 0. The smallest absolute Gasteiger partial charge is 0.191 e. The zero-order valence-corrected chi connectivity index (χ0v) is 7.59. The lowest BCUT2D eigenvalue weighted by Crippen LogP contribution is -2.33. The number of nitrogens with zero attached hydrogens (tertiary/aromatic N) is 2. The molecule has 0 aromatic carbocycles. The predicted molar refractivity (Wildman–Crippen MR) is 43.0 cm³/mol. The highest BCUT2D eigenvalue weighted by Gasteiger charge is 2.11. The molecule has 0 bridgehead atoms. The molecular formula is C8H15N2O+. The van der Waals surface area contributed by atoms with Crippen LogP contribution in [0.1, 0.15) is 11.5 Å². The summed E-state index contributed by atoms with van der Waals surface area (Å²) in [6, 6.07) is 1.98. The Labute approximate surface area is 67.2 Å².